The van der Waals surface area contributed by atoms with Gasteiger partial charge in [-0.25, -0.2) is 13.4 Å². The lowest BCUT2D eigenvalue weighted by Crippen LogP contribution is -3.06. The van der Waals surface area contributed by atoms with Gasteiger partial charge >= 0.3 is 0 Å². The average Bonchev–Trinajstić information content (AvgIpc) is 2.75. The number of methoxy groups -OCH3 is 1. The van der Waals surface area contributed by atoms with Crippen LogP contribution in [0.4, 0.5) is 5.82 Å². The number of morpholine rings is 1. The Balaban J connectivity index is 1.70. The van der Waals surface area contributed by atoms with Crippen molar-refractivity contribution in [1.82, 2.24) is 4.31 Å². The van der Waals surface area contributed by atoms with Crippen LogP contribution < -0.4 is 19.9 Å². The van der Waals surface area contributed by atoms with Crippen LogP contribution in [0.1, 0.15) is 11.6 Å². The number of nitrogens with zero attached hydrogens (tertiary/aromatic N) is 1. The standard InChI is InChI=1S/C20H28N4O4S/c1-23(2)18(17-6-4-5-7-19(17)27-3)15-22-20-9-8-16(14-21-20)29(25,26)24-10-12-28-13-11-24/h4-9,14,18H,10-13,15H2,1-3H3,(H,21,22)/p+2/t18-/m0/s1. The fourth-order valence-corrected chi connectivity index (χ4v) is 4.78. The van der Waals surface area contributed by atoms with E-state index in [1.165, 1.54) is 15.4 Å². The molecule has 0 aliphatic carbocycles. The van der Waals surface area contributed by atoms with E-state index in [1.54, 1.807) is 19.2 Å². The van der Waals surface area contributed by atoms with Crippen molar-refractivity contribution in [1.29, 1.82) is 0 Å². The van der Waals surface area contributed by atoms with E-state index >= 15 is 0 Å². The van der Waals surface area contributed by atoms with Gasteiger partial charge in [0.1, 0.15) is 23.4 Å². The highest BCUT2D eigenvalue weighted by Gasteiger charge is 2.28. The van der Waals surface area contributed by atoms with E-state index < -0.39 is 10.0 Å². The lowest BCUT2D eigenvalue weighted by atomic mass is 10.0. The number of likely N-dealkylation sites (N-methyl/N-ethyl adjacent to an activating group) is 1. The van der Waals surface area contributed by atoms with Gasteiger partial charge in [0.15, 0.2) is 6.04 Å². The monoisotopic (exact) mass is 422 g/mol. The topological polar surface area (TPSA) is 86.5 Å². The van der Waals surface area contributed by atoms with Crippen LogP contribution in [0.2, 0.25) is 0 Å². The van der Waals surface area contributed by atoms with Crippen molar-refractivity contribution >= 4 is 15.8 Å². The molecule has 1 aromatic carbocycles. The van der Waals surface area contributed by atoms with Gasteiger partial charge in [-0.05, 0) is 18.2 Å². The van der Waals surface area contributed by atoms with E-state index in [9.17, 15) is 8.42 Å². The fraction of sp³-hybridized carbons (Fsp3) is 0.450. The zero-order chi connectivity index (χ0) is 20.9. The van der Waals surface area contributed by atoms with Crippen LogP contribution in [0.15, 0.2) is 47.5 Å². The summed E-state index contributed by atoms with van der Waals surface area (Å²) in [5, 5.41) is 3.37. The van der Waals surface area contributed by atoms with Gasteiger partial charge in [0.2, 0.25) is 10.0 Å². The lowest BCUT2D eigenvalue weighted by molar-refractivity contribution is -0.890. The minimum atomic E-state index is -3.50. The van der Waals surface area contributed by atoms with E-state index in [4.69, 9.17) is 9.47 Å². The smallest absolute Gasteiger partial charge is 0.272 e. The highest BCUT2D eigenvalue weighted by molar-refractivity contribution is 7.89. The summed E-state index contributed by atoms with van der Waals surface area (Å²) in [4.78, 5) is 4.58. The van der Waals surface area contributed by atoms with Crippen molar-refractivity contribution in [3.63, 3.8) is 0 Å². The summed E-state index contributed by atoms with van der Waals surface area (Å²) in [7, 11) is 2.37. The summed E-state index contributed by atoms with van der Waals surface area (Å²) in [6, 6.07) is 11.5. The normalized spacial score (nSPS) is 16.6. The first kappa shape index (κ1) is 21.5. The number of nitrogens with one attached hydrogen (secondary N) is 3. The number of hydrogen-bond donors (Lipinski definition) is 2. The van der Waals surface area contributed by atoms with Gasteiger partial charge in [0, 0.05) is 19.2 Å². The number of sulfonamides is 1. The summed E-state index contributed by atoms with van der Waals surface area (Å²) >= 11 is 0. The largest absolute Gasteiger partial charge is 0.496 e. The van der Waals surface area contributed by atoms with Crippen molar-refractivity contribution in [2.24, 2.45) is 0 Å². The van der Waals surface area contributed by atoms with Crippen LogP contribution in [-0.4, -0.2) is 66.8 Å². The second-order valence-electron chi connectivity index (χ2n) is 7.21. The number of pyridine rings is 1. The Labute approximate surface area is 172 Å². The molecule has 0 amide bonds. The minimum absolute atomic E-state index is 0.163. The fourth-order valence-electron chi connectivity index (χ4n) is 3.41. The van der Waals surface area contributed by atoms with Crippen molar-refractivity contribution in [3.05, 3.63) is 48.2 Å². The number of para-hydroxylation sites is 1. The number of hydrogen-bond acceptors (Lipinski definition) is 5. The van der Waals surface area contributed by atoms with Gasteiger partial charge in [-0.2, -0.15) is 4.31 Å². The molecule has 8 nitrogen and oxygen atoms in total. The second-order valence-corrected chi connectivity index (χ2v) is 9.15. The first-order valence-corrected chi connectivity index (χ1v) is 11.1. The summed E-state index contributed by atoms with van der Waals surface area (Å²) < 4.78 is 37.7. The minimum Gasteiger partial charge on any atom is -0.496 e. The molecule has 1 aliphatic heterocycles. The van der Waals surface area contributed by atoms with E-state index in [1.807, 2.05) is 18.2 Å². The van der Waals surface area contributed by atoms with Gasteiger partial charge < -0.3 is 14.4 Å². The number of anilines is 1. The van der Waals surface area contributed by atoms with Gasteiger partial charge in [-0.15, -0.1) is 0 Å². The van der Waals surface area contributed by atoms with Crippen LogP contribution in [0, 0.1) is 0 Å². The third-order valence-electron chi connectivity index (χ3n) is 5.10. The lowest BCUT2D eigenvalue weighted by Gasteiger charge is -2.25. The molecule has 2 aromatic rings. The number of H-pyrrole nitrogens is 1. The molecule has 0 radical (unpaired) electrons. The molecule has 29 heavy (non-hydrogen) atoms. The molecule has 1 fully saturated rings. The van der Waals surface area contributed by atoms with E-state index in [-0.39, 0.29) is 10.9 Å². The van der Waals surface area contributed by atoms with Crippen LogP contribution in [0.25, 0.3) is 0 Å². The molecular weight excluding hydrogens is 392 g/mol. The summed E-state index contributed by atoms with van der Waals surface area (Å²) in [5.74, 6) is 1.61. The quantitative estimate of drug-likeness (QED) is 0.617. The molecule has 0 spiro atoms. The predicted octanol–water partition coefficient (Wildman–Crippen LogP) is -0.172. The maximum atomic E-state index is 12.7. The summed E-state index contributed by atoms with van der Waals surface area (Å²) in [6.45, 7) is 2.29. The molecule has 0 saturated carbocycles. The molecule has 1 aliphatic rings. The third-order valence-corrected chi connectivity index (χ3v) is 6.99. The Kier molecular flexibility index (Phi) is 7.07. The molecule has 1 saturated heterocycles. The van der Waals surface area contributed by atoms with Crippen LogP contribution in [0.5, 0.6) is 5.75 Å². The van der Waals surface area contributed by atoms with E-state index in [2.05, 4.69) is 30.5 Å². The third kappa shape index (κ3) is 5.05. The first-order valence-electron chi connectivity index (χ1n) is 9.70. The van der Waals surface area contributed by atoms with Crippen LogP contribution in [-0.2, 0) is 14.8 Å². The number of aromatic nitrogens is 1. The van der Waals surface area contributed by atoms with E-state index in [0.717, 1.165) is 17.1 Å². The Bertz CT molecular complexity index is 897. The Morgan fingerprint density at radius 2 is 1.93 bits per heavy atom. The molecule has 1 atom stereocenters. The molecular formula is C20H30N4O4S+2. The van der Waals surface area contributed by atoms with Gasteiger partial charge in [0.25, 0.3) is 5.82 Å². The number of rotatable bonds is 8. The first-order chi connectivity index (χ1) is 13.9. The summed E-state index contributed by atoms with van der Waals surface area (Å²) in [6.07, 6.45) is 1.54. The highest BCUT2D eigenvalue weighted by Crippen LogP contribution is 2.23. The number of quaternary nitrogens is 1. The molecule has 1 aromatic heterocycles. The Morgan fingerprint density at radius 1 is 1.21 bits per heavy atom. The van der Waals surface area contributed by atoms with Gasteiger partial charge in [-0.3, -0.25) is 5.32 Å². The SMILES string of the molecule is COc1ccccc1[C@H](CNc1ccc(S(=O)(=O)N2CCOCC2)c[nH+]1)[NH+](C)C. The predicted molar refractivity (Wildman–Crippen MR) is 110 cm³/mol. The maximum absolute atomic E-state index is 12.7. The van der Waals surface area contributed by atoms with E-state index in [0.29, 0.717) is 32.8 Å². The zero-order valence-corrected chi connectivity index (χ0v) is 18.0. The average molecular weight is 423 g/mol. The molecule has 3 N–H and O–H groups in total. The Hall–Kier alpha value is -2.20. The second kappa shape index (κ2) is 9.53. The van der Waals surface area contributed by atoms with Crippen molar-refractivity contribution in [3.8, 4) is 5.75 Å². The maximum Gasteiger partial charge on any atom is 0.272 e. The zero-order valence-electron chi connectivity index (χ0n) is 17.1. The molecule has 158 valence electrons. The van der Waals surface area contributed by atoms with Crippen LogP contribution in [0.3, 0.4) is 0 Å². The molecule has 9 heteroatoms. The van der Waals surface area contributed by atoms with Crippen molar-refractivity contribution < 1.29 is 27.8 Å². The van der Waals surface area contributed by atoms with Crippen molar-refractivity contribution in [2.75, 3.05) is 59.4 Å². The highest BCUT2D eigenvalue weighted by atomic mass is 32.2. The van der Waals surface area contributed by atoms with Gasteiger partial charge in [-0.1, -0.05) is 12.1 Å². The van der Waals surface area contributed by atoms with Gasteiger partial charge in [0.05, 0.1) is 40.0 Å². The molecule has 2 heterocycles. The number of ether oxygens (including phenoxy) is 2. The van der Waals surface area contributed by atoms with Crippen LogP contribution >= 0.6 is 0 Å². The molecule has 0 bridgehead atoms. The summed E-state index contributed by atoms with van der Waals surface area (Å²) in [5.41, 5.74) is 1.12. The molecule has 3 rings (SSSR count). The Morgan fingerprint density at radius 3 is 2.55 bits per heavy atom. The van der Waals surface area contributed by atoms with Crippen molar-refractivity contribution in [2.45, 2.75) is 10.9 Å². The number of aromatic amines is 1. The number of benzene rings is 1. The molecule has 0 unspecified atom stereocenters.